The molecule has 1 aliphatic carbocycles. The minimum Gasteiger partial charge on any atom is -0.380 e. The number of hydrogen-bond acceptors (Lipinski definition) is 2. The van der Waals surface area contributed by atoms with Gasteiger partial charge in [-0.15, -0.1) is 0 Å². The van der Waals surface area contributed by atoms with Crippen LogP contribution in [-0.4, -0.2) is 25.8 Å². The molecule has 1 aromatic rings. The lowest BCUT2D eigenvalue weighted by atomic mass is 9.76. The number of ether oxygens (including phenoxy) is 1. The van der Waals surface area contributed by atoms with Crippen molar-refractivity contribution in [2.24, 2.45) is 0 Å². The fourth-order valence-electron chi connectivity index (χ4n) is 2.50. The largest absolute Gasteiger partial charge is 0.380 e. The summed E-state index contributed by atoms with van der Waals surface area (Å²) in [5.74, 6) is 0.396. The maximum atomic E-state index is 13.1. The second-order valence-electron chi connectivity index (χ2n) is 5.34. The van der Waals surface area contributed by atoms with Crippen LogP contribution >= 0.6 is 0 Å². The van der Waals surface area contributed by atoms with Gasteiger partial charge >= 0.3 is 0 Å². The van der Waals surface area contributed by atoms with Gasteiger partial charge in [0.05, 0.1) is 6.61 Å². The molecule has 0 radical (unpaired) electrons. The van der Waals surface area contributed by atoms with Crippen molar-refractivity contribution in [2.75, 3.05) is 19.8 Å². The van der Waals surface area contributed by atoms with Crippen LogP contribution in [0, 0.1) is 5.82 Å². The second kappa shape index (κ2) is 7.61. The van der Waals surface area contributed by atoms with E-state index in [1.54, 1.807) is 12.1 Å². The van der Waals surface area contributed by atoms with Crippen LogP contribution in [0.1, 0.15) is 44.1 Å². The van der Waals surface area contributed by atoms with E-state index in [2.05, 4.69) is 12.2 Å². The van der Waals surface area contributed by atoms with Crippen molar-refractivity contribution in [1.82, 2.24) is 5.32 Å². The minimum absolute atomic E-state index is 0.127. The van der Waals surface area contributed by atoms with Crippen LogP contribution in [0.5, 0.6) is 0 Å². The predicted octanol–water partition coefficient (Wildman–Crippen LogP) is 3.48. The standard InChI is InChI=1S/C16H24FNO/c1-2-3-8-19-9-7-18-16-11-14(12-16)13-5-4-6-15(17)10-13/h4-6,10,14,16,18H,2-3,7-9,11-12H2,1H3. The average Bonchev–Trinajstić information content (AvgIpc) is 2.35. The van der Waals surface area contributed by atoms with E-state index in [1.807, 2.05) is 6.07 Å². The summed E-state index contributed by atoms with van der Waals surface area (Å²) in [6.07, 6.45) is 4.55. The molecule has 0 saturated heterocycles. The quantitative estimate of drug-likeness (QED) is 0.727. The molecule has 0 aliphatic heterocycles. The SMILES string of the molecule is CCCCOCCNC1CC(c2cccc(F)c2)C1. The maximum Gasteiger partial charge on any atom is 0.123 e. The smallest absolute Gasteiger partial charge is 0.123 e. The third-order valence-corrected chi connectivity index (χ3v) is 3.78. The van der Waals surface area contributed by atoms with Gasteiger partial charge in [-0.05, 0) is 42.9 Å². The van der Waals surface area contributed by atoms with Crippen molar-refractivity contribution in [3.8, 4) is 0 Å². The molecule has 2 nitrogen and oxygen atoms in total. The topological polar surface area (TPSA) is 21.3 Å². The van der Waals surface area contributed by atoms with E-state index >= 15 is 0 Å². The van der Waals surface area contributed by atoms with Gasteiger partial charge in [0.1, 0.15) is 5.82 Å². The highest BCUT2D eigenvalue weighted by Crippen LogP contribution is 2.36. The van der Waals surface area contributed by atoms with Crippen molar-refractivity contribution < 1.29 is 9.13 Å². The van der Waals surface area contributed by atoms with Crippen molar-refractivity contribution in [3.63, 3.8) is 0 Å². The molecule has 106 valence electrons. The highest BCUT2D eigenvalue weighted by atomic mass is 19.1. The van der Waals surface area contributed by atoms with Crippen LogP contribution in [0.25, 0.3) is 0 Å². The summed E-state index contributed by atoms with van der Waals surface area (Å²) in [5.41, 5.74) is 1.14. The van der Waals surface area contributed by atoms with E-state index < -0.39 is 0 Å². The molecule has 0 heterocycles. The molecule has 1 saturated carbocycles. The van der Waals surface area contributed by atoms with Gasteiger partial charge in [-0.2, -0.15) is 0 Å². The van der Waals surface area contributed by atoms with Crippen LogP contribution in [0.2, 0.25) is 0 Å². The first kappa shape index (κ1) is 14.5. The molecular formula is C16H24FNO. The number of hydrogen-bond donors (Lipinski definition) is 1. The molecule has 0 bridgehead atoms. The summed E-state index contributed by atoms with van der Waals surface area (Å²) in [7, 11) is 0. The average molecular weight is 265 g/mol. The van der Waals surface area contributed by atoms with Gasteiger partial charge in [0.25, 0.3) is 0 Å². The lowest BCUT2D eigenvalue weighted by molar-refractivity contribution is 0.126. The van der Waals surface area contributed by atoms with Crippen LogP contribution < -0.4 is 5.32 Å². The molecule has 0 spiro atoms. The Hall–Kier alpha value is -0.930. The number of rotatable bonds is 8. The third-order valence-electron chi connectivity index (χ3n) is 3.78. The van der Waals surface area contributed by atoms with Gasteiger partial charge in [0.15, 0.2) is 0 Å². The normalized spacial score (nSPS) is 22.2. The zero-order valence-electron chi connectivity index (χ0n) is 11.7. The van der Waals surface area contributed by atoms with Crippen LogP contribution in [0.4, 0.5) is 4.39 Å². The monoisotopic (exact) mass is 265 g/mol. The van der Waals surface area contributed by atoms with E-state index in [9.17, 15) is 4.39 Å². The Morgan fingerprint density at radius 3 is 2.89 bits per heavy atom. The fourth-order valence-corrected chi connectivity index (χ4v) is 2.50. The Morgan fingerprint density at radius 2 is 2.16 bits per heavy atom. The van der Waals surface area contributed by atoms with Crippen LogP contribution in [-0.2, 0) is 4.74 Å². The summed E-state index contributed by atoms with van der Waals surface area (Å²) in [6.45, 7) is 4.75. The van der Waals surface area contributed by atoms with E-state index in [-0.39, 0.29) is 5.82 Å². The van der Waals surface area contributed by atoms with Gasteiger partial charge in [-0.3, -0.25) is 0 Å². The van der Waals surface area contributed by atoms with Gasteiger partial charge in [-0.1, -0.05) is 25.5 Å². The van der Waals surface area contributed by atoms with Gasteiger partial charge in [0, 0.05) is 19.2 Å². The highest BCUT2D eigenvalue weighted by molar-refractivity contribution is 5.23. The van der Waals surface area contributed by atoms with Gasteiger partial charge in [0.2, 0.25) is 0 Å². The molecule has 0 aromatic heterocycles. The van der Waals surface area contributed by atoms with Crippen LogP contribution in [0.3, 0.4) is 0 Å². The summed E-state index contributed by atoms with van der Waals surface area (Å²) < 4.78 is 18.6. The summed E-state index contributed by atoms with van der Waals surface area (Å²) in [6, 6.07) is 7.56. The first-order chi connectivity index (χ1) is 9.29. The highest BCUT2D eigenvalue weighted by Gasteiger charge is 2.29. The van der Waals surface area contributed by atoms with Crippen LogP contribution in [0.15, 0.2) is 24.3 Å². The number of benzene rings is 1. The lowest BCUT2D eigenvalue weighted by Gasteiger charge is -2.36. The molecule has 0 unspecified atom stereocenters. The minimum atomic E-state index is -0.127. The molecule has 1 aliphatic rings. The zero-order valence-corrected chi connectivity index (χ0v) is 11.7. The molecule has 1 N–H and O–H groups in total. The predicted molar refractivity (Wildman–Crippen MR) is 75.9 cm³/mol. The fraction of sp³-hybridized carbons (Fsp3) is 0.625. The molecule has 0 amide bonds. The summed E-state index contributed by atoms with van der Waals surface area (Å²) in [5, 5.41) is 3.49. The molecule has 19 heavy (non-hydrogen) atoms. The Kier molecular flexibility index (Phi) is 5.80. The lowest BCUT2D eigenvalue weighted by Crippen LogP contribution is -2.41. The number of nitrogens with one attached hydrogen (secondary N) is 1. The number of halogens is 1. The van der Waals surface area contributed by atoms with Crippen molar-refractivity contribution in [2.45, 2.75) is 44.6 Å². The molecule has 1 fully saturated rings. The Bertz CT molecular complexity index is 377. The van der Waals surface area contributed by atoms with E-state index in [1.165, 1.54) is 12.5 Å². The van der Waals surface area contributed by atoms with Crippen molar-refractivity contribution >= 4 is 0 Å². The van der Waals surface area contributed by atoms with E-state index in [0.29, 0.717) is 12.0 Å². The van der Waals surface area contributed by atoms with Gasteiger partial charge in [-0.25, -0.2) is 4.39 Å². The molecule has 2 rings (SSSR count). The molecule has 1 aromatic carbocycles. The Labute approximate surface area is 115 Å². The first-order valence-electron chi connectivity index (χ1n) is 7.36. The van der Waals surface area contributed by atoms with E-state index in [0.717, 1.165) is 44.6 Å². The maximum absolute atomic E-state index is 13.1. The van der Waals surface area contributed by atoms with Crippen molar-refractivity contribution in [3.05, 3.63) is 35.6 Å². The second-order valence-corrected chi connectivity index (χ2v) is 5.34. The summed E-state index contributed by atoms with van der Waals surface area (Å²) in [4.78, 5) is 0. The molecule has 3 heteroatoms. The number of unbranched alkanes of at least 4 members (excludes halogenated alkanes) is 1. The zero-order chi connectivity index (χ0) is 13.5. The Morgan fingerprint density at radius 1 is 1.32 bits per heavy atom. The van der Waals surface area contributed by atoms with Crippen molar-refractivity contribution in [1.29, 1.82) is 0 Å². The Balaban J connectivity index is 1.56. The first-order valence-corrected chi connectivity index (χ1v) is 7.36. The molecular weight excluding hydrogens is 241 g/mol. The summed E-state index contributed by atoms with van der Waals surface area (Å²) >= 11 is 0. The third kappa shape index (κ3) is 4.59. The van der Waals surface area contributed by atoms with Gasteiger partial charge < -0.3 is 10.1 Å². The molecule has 0 atom stereocenters. The van der Waals surface area contributed by atoms with E-state index in [4.69, 9.17) is 4.74 Å².